The van der Waals surface area contributed by atoms with Gasteiger partial charge >= 0.3 is 5.97 Å². The molecule has 0 spiro atoms. The standard InChI is InChI=1S/C13H14Cl2N2O5S/c1-12(7-13(12,14)15)11(19)22-6-10(18)17-8-3-2-4-9(5-8)23(16,20)21/h2-5H,6-7H2,1H3,(H,17,18)(H2,16,20,21)/t12-/m0/s1. The summed E-state index contributed by atoms with van der Waals surface area (Å²) >= 11 is 11.7. The van der Waals surface area contributed by atoms with Gasteiger partial charge in [0.1, 0.15) is 9.75 Å². The average Bonchev–Trinajstić information content (AvgIpc) is 2.95. The fraction of sp³-hybridized carbons (Fsp3) is 0.385. The Hall–Kier alpha value is -1.35. The summed E-state index contributed by atoms with van der Waals surface area (Å²) in [6.45, 7) is 1.00. The van der Waals surface area contributed by atoms with Crippen LogP contribution in [0.1, 0.15) is 13.3 Å². The number of amides is 1. The van der Waals surface area contributed by atoms with Crippen LogP contribution < -0.4 is 10.5 Å². The van der Waals surface area contributed by atoms with E-state index >= 15 is 0 Å². The second kappa shape index (κ2) is 5.94. The number of carbonyl (C=O) groups is 2. The maximum Gasteiger partial charge on any atom is 0.315 e. The number of anilines is 1. The summed E-state index contributed by atoms with van der Waals surface area (Å²) in [6, 6.07) is 5.38. The molecule has 1 aliphatic carbocycles. The van der Waals surface area contributed by atoms with E-state index in [1.165, 1.54) is 24.3 Å². The first-order chi connectivity index (χ1) is 10.5. The van der Waals surface area contributed by atoms with Crippen LogP contribution >= 0.6 is 23.2 Å². The van der Waals surface area contributed by atoms with Crippen LogP contribution in [0.3, 0.4) is 0 Å². The largest absolute Gasteiger partial charge is 0.455 e. The van der Waals surface area contributed by atoms with Crippen molar-refractivity contribution >= 4 is 50.8 Å². The van der Waals surface area contributed by atoms with Crippen molar-refractivity contribution in [2.75, 3.05) is 11.9 Å². The number of nitrogens with one attached hydrogen (secondary N) is 1. The fourth-order valence-electron chi connectivity index (χ4n) is 1.86. The molecule has 126 valence electrons. The number of hydrogen-bond donors (Lipinski definition) is 2. The van der Waals surface area contributed by atoms with Crippen LogP contribution in [0.4, 0.5) is 5.69 Å². The van der Waals surface area contributed by atoms with E-state index in [-0.39, 0.29) is 17.0 Å². The number of nitrogens with two attached hydrogens (primary N) is 1. The first-order valence-corrected chi connectivity index (χ1v) is 8.74. The van der Waals surface area contributed by atoms with Crippen LogP contribution in [0.2, 0.25) is 0 Å². The molecule has 1 aliphatic rings. The van der Waals surface area contributed by atoms with E-state index in [0.717, 1.165) is 0 Å². The Morgan fingerprint density at radius 3 is 2.52 bits per heavy atom. The molecule has 0 heterocycles. The number of ether oxygens (including phenoxy) is 1. The highest BCUT2D eigenvalue weighted by atomic mass is 35.5. The van der Waals surface area contributed by atoms with E-state index in [1.54, 1.807) is 6.92 Å². The molecule has 1 fully saturated rings. The lowest BCUT2D eigenvalue weighted by Crippen LogP contribution is -2.26. The molecule has 7 nitrogen and oxygen atoms in total. The van der Waals surface area contributed by atoms with Crippen LogP contribution in [-0.4, -0.2) is 31.2 Å². The minimum Gasteiger partial charge on any atom is -0.455 e. The highest BCUT2D eigenvalue weighted by Gasteiger charge is 2.69. The molecule has 1 saturated carbocycles. The molecule has 0 aliphatic heterocycles. The maximum atomic E-state index is 11.8. The van der Waals surface area contributed by atoms with Gasteiger partial charge in [0, 0.05) is 12.1 Å². The summed E-state index contributed by atoms with van der Waals surface area (Å²) in [5, 5.41) is 7.40. The van der Waals surface area contributed by atoms with Crippen molar-refractivity contribution < 1.29 is 22.7 Å². The summed E-state index contributed by atoms with van der Waals surface area (Å²) in [6.07, 6.45) is 0.250. The van der Waals surface area contributed by atoms with E-state index in [2.05, 4.69) is 5.32 Å². The van der Waals surface area contributed by atoms with Gasteiger partial charge in [0.25, 0.3) is 5.91 Å². The molecule has 3 N–H and O–H groups in total. The lowest BCUT2D eigenvalue weighted by atomic mass is 10.1. The van der Waals surface area contributed by atoms with Crippen molar-refractivity contribution in [3.05, 3.63) is 24.3 Å². The monoisotopic (exact) mass is 380 g/mol. The van der Waals surface area contributed by atoms with Crippen molar-refractivity contribution in [1.29, 1.82) is 0 Å². The molecule has 10 heteroatoms. The van der Waals surface area contributed by atoms with Crippen LogP contribution in [0, 0.1) is 5.41 Å². The van der Waals surface area contributed by atoms with Crippen LogP contribution in [0.25, 0.3) is 0 Å². The molecule has 1 amide bonds. The zero-order valence-electron chi connectivity index (χ0n) is 12.0. The van der Waals surface area contributed by atoms with E-state index in [4.69, 9.17) is 33.1 Å². The Bertz CT molecular complexity index is 765. The number of alkyl halides is 2. The van der Waals surface area contributed by atoms with Gasteiger partial charge in [-0.05, 0) is 25.1 Å². The Morgan fingerprint density at radius 2 is 2.00 bits per heavy atom. The van der Waals surface area contributed by atoms with Crippen LogP contribution in [-0.2, 0) is 24.3 Å². The maximum absolute atomic E-state index is 11.8. The topological polar surface area (TPSA) is 116 Å². The third-order valence-electron chi connectivity index (χ3n) is 3.49. The number of halogens is 2. The smallest absolute Gasteiger partial charge is 0.315 e. The summed E-state index contributed by atoms with van der Waals surface area (Å²) in [5.74, 6) is -1.31. The first kappa shape index (κ1) is 18.0. The van der Waals surface area contributed by atoms with E-state index in [1.807, 2.05) is 0 Å². The molecule has 1 aromatic carbocycles. The van der Waals surface area contributed by atoms with Crippen molar-refractivity contribution in [2.45, 2.75) is 22.6 Å². The minimum absolute atomic E-state index is 0.146. The molecular formula is C13H14Cl2N2O5S. The zero-order chi connectivity index (χ0) is 17.5. The van der Waals surface area contributed by atoms with Gasteiger partial charge in [-0.25, -0.2) is 13.6 Å². The number of sulfonamides is 1. The predicted octanol–water partition coefficient (Wildman–Crippen LogP) is 1.40. The number of benzene rings is 1. The third-order valence-corrected chi connectivity index (χ3v) is 5.50. The summed E-state index contributed by atoms with van der Waals surface area (Å²) in [5.41, 5.74) is -0.816. The molecule has 0 bridgehead atoms. The van der Waals surface area contributed by atoms with E-state index < -0.39 is 38.3 Å². The zero-order valence-corrected chi connectivity index (χ0v) is 14.3. The second-order valence-corrected chi connectivity index (χ2v) is 8.46. The van der Waals surface area contributed by atoms with Gasteiger partial charge in [-0.1, -0.05) is 6.07 Å². The van der Waals surface area contributed by atoms with Crippen LogP contribution in [0.5, 0.6) is 0 Å². The Kier molecular flexibility index (Phi) is 4.64. The molecule has 0 saturated heterocycles. The van der Waals surface area contributed by atoms with Gasteiger partial charge < -0.3 is 10.1 Å². The van der Waals surface area contributed by atoms with Gasteiger partial charge in [0.2, 0.25) is 10.0 Å². The molecule has 0 radical (unpaired) electrons. The summed E-state index contributed by atoms with van der Waals surface area (Å²) in [7, 11) is -3.88. The van der Waals surface area contributed by atoms with E-state index in [9.17, 15) is 18.0 Å². The van der Waals surface area contributed by atoms with Crippen molar-refractivity contribution in [3.8, 4) is 0 Å². The Morgan fingerprint density at radius 1 is 1.39 bits per heavy atom. The van der Waals surface area contributed by atoms with Gasteiger partial charge in [0.15, 0.2) is 6.61 Å². The van der Waals surface area contributed by atoms with Crippen molar-refractivity contribution in [2.24, 2.45) is 10.6 Å². The number of primary sulfonamides is 1. The van der Waals surface area contributed by atoms with Crippen LogP contribution in [0.15, 0.2) is 29.2 Å². The highest BCUT2D eigenvalue weighted by molar-refractivity contribution is 7.89. The van der Waals surface area contributed by atoms with Crippen molar-refractivity contribution in [1.82, 2.24) is 0 Å². The number of carbonyl (C=O) groups excluding carboxylic acids is 2. The number of hydrogen-bond acceptors (Lipinski definition) is 5. The molecule has 0 unspecified atom stereocenters. The first-order valence-electron chi connectivity index (χ1n) is 6.43. The highest BCUT2D eigenvalue weighted by Crippen LogP contribution is 2.64. The predicted molar refractivity (Wildman–Crippen MR) is 84.6 cm³/mol. The van der Waals surface area contributed by atoms with Gasteiger partial charge in [-0.2, -0.15) is 0 Å². The quantitative estimate of drug-likeness (QED) is 0.591. The van der Waals surface area contributed by atoms with Crippen molar-refractivity contribution in [3.63, 3.8) is 0 Å². The van der Waals surface area contributed by atoms with Gasteiger partial charge in [-0.3, -0.25) is 9.59 Å². The lowest BCUT2D eigenvalue weighted by molar-refractivity contribution is -0.152. The lowest BCUT2D eigenvalue weighted by Gasteiger charge is -2.12. The summed E-state index contributed by atoms with van der Waals surface area (Å²) < 4.78 is 26.2. The SMILES string of the molecule is C[C@@]1(C(=O)OCC(=O)Nc2cccc(S(N)(=O)=O)c2)CC1(Cl)Cl. The molecule has 2 rings (SSSR count). The Labute approximate surface area is 143 Å². The molecule has 1 aromatic rings. The average molecular weight is 381 g/mol. The number of rotatable bonds is 5. The minimum atomic E-state index is -3.88. The van der Waals surface area contributed by atoms with E-state index in [0.29, 0.717) is 0 Å². The molecule has 23 heavy (non-hydrogen) atoms. The number of esters is 1. The molecule has 0 aromatic heterocycles. The second-order valence-electron chi connectivity index (χ2n) is 5.41. The van der Waals surface area contributed by atoms with Gasteiger partial charge in [0.05, 0.1) is 4.90 Å². The van der Waals surface area contributed by atoms with Gasteiger partial charge in [-0.15, -0.1) is 23.2 Å². The molecular weight excluding hydrogens is 367 g/mol. The normalized spacial score (nSPS) is 22.3. The fourth-order valence-corrected chi connectivity index (χ4v) is 3.11. The molecule has 1 atom stereocenters. The Balaban J connectivity index is 1.92. The summed E-state index contributed by atoms with van der Waals surface area (Å²) in [4.78, 5) is 23.4. The third kappa shape index (κ3) is 3.95.